The Bertz CT molecular complexity index is 740. The lowest BCUT2D eigenvalue weighted by Gasteiger charge is -2.14. The van der Waals surface area contributed by atoms with Crippen molar-refractivity contribution in [1.29, 1.82) is 0 Å². The summed E-state index contributed by atoms with van der Waals surface area (Å²) in [5.41, 5.74) is 0. The molecule has 0 saturated heterocycles. The number of guanidine groups is 1. The summed E-state index contributed by atoms with van der Waals surface area (Å²) in [6.45, 7) is 2.42. The molecule has 1 heterocycles. The van der Waals surface area contributed by atoms with E-state index in [0.717, 1.165) is 36.8 Å². The summed E-state index contributed by atoms with van der Waals surface area (Å²) in [5, 5.41) is 11.5. The summed E-state index contributed by atoms with van der Waals surface area (Å²) in [7, 11) is 3.45. The molecule has 0 fully saturated rings. The zero-order chi connectivity index (χ0) is 20.2. The van der Waals surface area contributed by atoms with E-state index in [1.807, 2.05) is 41.2 Å². The van der Waals surface area contributed by atoms with Crippen molar-refractivity contribution >= 4 is 59.2 Å². The minimum atomic E-state index is -0.0341. The second kappa shape index (κ2) is 14.5. The molecule has 2 N–H and O–H groups in total. The van der Waals surface area contributed by atoms with Crippen molar-refractivity contribution in [2.24, 2.45) is 4.99 Å². The summed E-state index contributed by atoms with van der Waals surface area (Å²) in [6, 6.07) is 9.69. The van der Waals surface area contributed by atoms with Crippen LogP contribution in [0, 0.1) is 0 Å². The van der Waals surface area contributed by atoms with Gasteiger partial charge in [0.15, 0.2) is 5.96 Å². The molecular weight excluding hydrogens is 523 g/mol. The molecule has 0 aliphatic rings. The molecule has 7 nitrogen and oxygen atoms in total. The molecule has 2 rings (SSSR count). The number of aliphatic imine (C=N–C) groups is 1. The van der Waals surface area contributed by atoms with Crippen LogP contribution in [0.5, 0.6) is 0 Å². The van der Waals surface area contributed by atoms with E-state index in [2.05, 4.69) is 20.7 Å². The van der Waals surface area contributed by atoms with Gasteiger partial charge in [0.25, 0.3) is 0 Å². The maximum Gasteiger partial charge on any atom is 0.243 e. The van der Waals surface area contributed by atoms with Crippen LogP contribution in [0.4, 0.5) is 0 Å². The molecule has 2 aromatic rings. The maximum atomic E-state index is 11.8. The number of aryl methyl sites for hydroxylation is 1. The number of benzene rings is 1. The SMILES string of the molecule is CN(C)C(=O)CN=C(NCCCn1cccn1)NCCSc1ccc(Cl)cc1.I. The van der Waals surface area contributed by atoms with Crippen LogP contribution in [0.2, 0.25) is 5.02 Å². The number of rotatable bonds is 10. The number of carbonyl (C=O) groups excluding carboxylic acids is 1. The maximum absolute atomic E-state index is 11.8. The van der Waals surface area contributed by atoms with Gasteiger partial charge in [-0.05, 0) is 36.8 Å². The molecule has 0 atom stereocenters. The van der Waals surface area contributed by atoms with Crippen LogP contribution >= 0.6 is 47.3 Å². The van der Waals surface area contributed by atoms with E-state index in [-0.39, 0.29) is 36.4 Å². The minimum absolute atomic E-state index is 0. The van der Waals surface area contributed by atoms with Gasteiger partial charge in [-0.25, -0.2) is 4.99 Å². The lowest BCUT2D eigenvalue weighted by atomic mass is 10.4. The summed E-state index contributed by atoms with van der Waals surface area (Å²) in [6.07, 6.45) is 4.62. The van der Waals surface area contributed by atoms with Crippen LogP contribution in [0.25, 0.3) is 0 Å². The van der Waals surface area contributed by atoms with Crippen molar-refractivity contribution in [3.63, 3.8) is 0 Å². The minimum Gasteiger partial charge on any atom is -0.356 e. The Morgan fingerprint density at radius 2 is 1.97 bits per heavy atom. The molecule has 0 radical (unpaired) electrons. The first-order valence-corrected chi connectivity index (χ1v) is 10.5. The predicted octanol–water partition coefficient (Wildman–Crippen LogP) is 2.96. The van der Waals surface area contributed by atoms with Crippen LogP contribution in [0.15, 0.2) is 52.6 Å². The topological polar surface area (TPSA) is 74.5 Å². The number of aromatic nitrogens is 2. The first-order chi connectivity index (χ1) is 13.5. The fourth-order valence-electron chi connectivity index (χ4n) is 2.21. The van der Waals surface area contributed by atoms with Crippen LogP contribution in [-0.4, -0.2) is 66.0 Å². The van der Waals surface area contributed by atoms with Crippen molar-refractivity contribution in [2.45, 2.75) is 17.9 Å². The molecule has 1 amide bonds. The number of nitrogens with zero attached hydrogens (tertiary/aromatic N) is 4. The molecule has 1 aromatic heterocycles. The van der Waals surface area contributed by atoms with E-state index in [4.69, 9.17) is 11.6 Å². The van der Waals surface area contributed by atoms with Crippen molar-refractivity contribution in [1.82, 2.24) is 25.3 Å². The second-order valence-electron chi connectivity index (χ2n) is 6.23. The first-order valence-electron chi connectivity index (χ1n) is 9.13. The van der Waals surface area contributed by atoms with Crippen LogP contribution < -0.4 is 10.6 Å². The summed E-state index contributed by atoms with van der Waals surface area (Å²) in [5.74, 6) is 1.48. The van der Waals surface area contributed by atoms with Gasteiger partial charge in [0.1, 0.15) is 6.54 Å². The van der Waals surface area contributed by atoms with Gasteiger partial charge < -0.3 is 15.5 Å². The zero-order valence-electron chi connectivity index (χ0n) is 16.7. The summed E-state index contributed by atoms with van der Waals surface area (Å²) in [4.78, 5) is 18.9. The largest absolute Gasteiger partial charge is 0.356 e. The van der Waals surface area contributed by atoms with Gasteiger partial charge >= 0.3 is 0 Å². The number of hydrogen-bond donors (Lipinski definition) is 2. The van der Waals surface area contributed by atoms with Gasteiger partial charge in [0.05, 0.1) is 0 Å². The van der Waals surface area contributed by atoms with Gasteiger partial charge in [-0.2, -0.15) is 5.10 Å². The number of carbonyl (C=O) groups is 1. The van der Waals surface area contributed by atoms with E-state index in [1.54, 1.807) is 32.1 Å². The monoisotopic (exact) mass is 550 g/mol. The Morgan fingerprint density at radius 1 is 1.24 bits per heavy atom. The highest BCUT2D eigenvalue weighted by Crippen LogP contribution is 2.19. The smallest absolute Gasteiger partial charge is 0.243 e. The fraction of sp³-hybridized carbons (Fsp3) is 0.421. The van der Waals surface area contributed by atoms with Crippen molar-refractivity contribution < 1.29 is 4.79 Å². The number of thioether (sulfide) groups is 1. The van der Waals surface area contributed by atoms with Crippen LogP contribution in [-0.2, 0) is 11.3 Å². The molecule has 0 unspecified atom stereocenters. The molecule has 0 spiro atoms. The lowest BCUT2D eigenvalue weighted by molar-refractivity contribution is -0.127. The number of hydrogen-bond acceptors (Lipinski definition) is 4. The van der Waals surface area contributed by atoms with Gasteiger partial charge in [0, 0.05) is 61.8 Å². The van der Waals surface area contributed by atoms with Crippen molar-refractivity contribution in [3.05, 3.63) is 47.7 Å². The molecule has 0 bridgehead atoms. The Morgan fingerprint density at radius 3 is 2.62 bits per heavy atom. The Hall–Kier alpha value is -1.46. The number of amides is 1. The van der Waals surface area contributed by atoms with Gasteiger partial charge in [-0.15, -0.1) is 35.7 Å². The fourth-order valence-corrected chi connectivity index (χ4v) is 3.11. The van der Waals surface area contributed by atoms with Crippen LogP contribution in [0.1, 0.15) is 6.42 Å². The lowest BCUT2D eigenvalue weighted by Crippen LogP contribution is -2.40. The van der Waals surface area contributed by atoms with Gasteiger partial charge in [-0.1, -0.05) is 11.6 Å². The molecule has 160 valence electrons. The molecule has 10 heteroatoms. The van der Waals surface area contributed by atoms with Gasteiger partial charge in [0.2, 0.25) is 5.91 Å². The second-order valence-corrected chi connectivity index (χ2v) is 7.84. The van der Waals surface area contributed by atoms with Crippen molar-refractivity contribution in [2.75, 3.05) is 39.5 Å². The highest BCUT2D eigenvalue weighted by Gasteiger charge is 2.04. The molecule has 1 aromatic carbocycles. The van der Waals surface area contributed by atoms with E-state index in [0.29, 0.717) is 5.96 Å². The summed E-state index contributed by atoms with van der Waals surface area (Å²) < 4.78 is 1.89. The Labute approximate surface area is 198 Å². The molecule has 0 aliphatic heterocycles. The standard InChI is InChI=1S/C19H27ClN6OS.HI/c1-25(2)18(27)15-23-19(21-9-3-12-26-13-4-10-24-26)22-11-14-28-17-7-5-16(20)6-8-17;/h4-8,10,13H,3,9,11-12,14-15H2,1-2H3,(H2,21,22,23);1H. The van der Waals surface area contributed by atoms with Crippen LogP contribution in [0.3, 0.4) is 0 Å². The number of halogens is 2. The zero-order valence-corrected chi connectivity index (χ0v) is 20.6. The van der Waals surface area contributed by atoms with E-state index >= 15 is 0 Å². The Kier molecular flexibility index (Phi) is 12.8. The summed E-state index contributed by atoms with van der Waals surface area (Å²) >= 11 is 7.64. The predicted molar refractivity (Wildman–Crippen MR) is 131 cm³/mol. The third-order valence-corrected chi connectivity index (χ3v) is 5.03. The molecule has 0 aliphatic carbocycles. The first kappa shape index (κ1) is 25.6. The highest BCUT2D eigenvalue weighted by molar-refractivity contribution is 14.0. The Balaban J connectivity index is 0.00000420. The molecular formula is C19H28ClIN6OS. The number of likely N-dealkylation sites (N-methyl/N-ethyl adjacent to an activating group) is 1. The number of nitrogens with one attached hydrogen (secondary N) is 2. The van der Waals surface area contributed by atoms with Gasteiger partial charge in [-0.3, -0.25) is 9.48 Å². The van der Waals surface area contributed by atoms with E-state index in [9.17, 15) is 4.79 Å². The molecule has 0 saturated carbocycles. The third-order valence-electron chi connectivity index (χ3n) is 3.76. The van der Waals surface area contributed by atoms with Crippen molar-refractivity contribution in [3.8, 4) is 0 Å². The van der Waals surface area contributed by atoms with E-state index in [1.165, 1.54) is 9.80 Å². The quantitative estimate of drug-likeness (QED) is 0.156. The highest BCUT2D eigenvalue weighted by atomic mass is 127. The normalized spacial score (nSPS) is 10.9. The molecule has 29 heavy (non-hydrogen) atoms. The third kappa shape index (κ3) is 10.8. The average Bonchev–Trinajstić information content (AvgIpc) is 3.20. The van der Waals surface area contributed by atoms with E-state index < -0.39 is 0 Å². The average molecular weight is 551 g/mol.